The molecule has 2 aromatic rings. The molecular formula is C16H16F3NOS. The second-order valence-corrected chi connectivity index (χ2v) is 6.66. The first-order chi connectivity index (χ1) is 10.4. The SMILES string of the molecule is Cc1sc(N2CCCC2)c(-c2cccc(C(F)(F)F)c2)c1O. The fourth-order valence-corrected chi connectivity index (χ4v) is 3.89. The third-order valence-corrected chi connectivity index (χ3v) is 5.06. The lowest BCUT2D eigenvalue weighted by molar-refractivity contribution is -0.137. The molecule has 2 heterocycles. The van der Waals surface area contributed by atoms with Gasteiger partial charge in [0.2, 0.25) is 0 Å². The molecule has 0 atom stereocenters. The van der Waals surface area contributed by atoms with Crippen molar-refractivity contribution in [1.82, 2.24) is 0 Å². The van der Waals surface area contributed by atoms with Crippen molar-refractivity contribution in [2.45, 2.75) is 25.9 Å². The minimum absolute atomic E-state index is 0.0891. The van der Waals surface area contributed by atoms with E-state index in [0.29, 0.717) is 11.1 Å². The Balaban J connectivity index is 2.11. The Kier molecular flexibility index (Phi) is 3.80. The van der Waals surface area contributed by atoms with Crippen molar-refractivity contribution in [1.29, 1.82) is 0 Å². The van der Waals surface area contributed by atoms with E-state index in [1.807, 2.05) is 0 Å². The first-order valence-electron chi connectivity index (χ1n) is 7.13. The van der Waals surface area contributed by atoms with Crippen LogP contribution in [0.5, 0.6) is 5.75 Å². The predicted octanol–water partition coefficient (Wildman–Crippen LogP) is 5.05. The predicted molar refractivity (Wildman–Crippen MR) is 82.6 cm³/mol. The fourth-order valence-electron chi connectivity index (χ4n) is 2.78. The average Bonchev–Trinajstić information content (AvgIpc) is 3.08. The van der Waals surface area contributed by atoms with E-state index in [-0.39, 0.29) is 5.75 Å². The van der Waals surface area contributed by atoms with E-state index in [0.717, 1.165) is 47.9 Å². The number of hydrogen-bond donors (Lipinski definition) is 1. The van der Waals surface area contributed by atoms with Crippen LogP contribution in [-0.2, 0) is 6.18 Å². The smallest absolute Gasteiger partial charge is 0.416 e. The quantitative estimate of drug-likeness (QED) is 0.834. The Morgan fingerprint density at radius 2 is 1.86 bits per heavy atom. The highest BCUT2D eigenvalue weighted by Gasteiger charge is 2.31. The van der Waals surface area contributed by atoms with Crippen molar-refractivity contribution >= 4 is 16.3 Å². The number of hydrogen-bond acceptors (Lipinski definition) is 3. The summed E-state index contributed by atoms with van der Waals surface area (Å²) in [5, 5.41) is 11.2. The van der Waals surface area contributed by atoms with Crippen molar-refractivity contribution in [3.63, 3.8) is 0 Å². The minimum Gasteiger partial charge on any atom is -0.506 e. The standard InChI is InChI=1S/C16H16F3NOS/c1-10-14(21)13(15(22-10)20-7-2-3-8-20)11-5-4-6-12(9-11)16(17,18)19/h4-6,9,21H,2-3,7-8H2,1H3. The van der Waals surface area contributed by atoms with E-state index in [4.69, 9.17) is 0 Å². The van der Waals surface area contributed by atoms with Gasteiger partial charge in [-0.05, 0) is 37.5 Å². The Labute approximate surface area is 130 Å². The molecule has 0 bridgehead atoms. The van der Waals surface area contributed by atoms with Gasteiger partial charge in [0.15, 0.2) is 0 Å². The van der Waals surface area contributed by atoms with Crippen LogP contribution in [0.4, 0.5) is 18.2 Å². The zero-order valence-electron chi connectivity index (χ0n) is 12.1. The first kappa shape index (κ1) is 15.2. The molecule has 1 aromatic carbocycles. The second-order valence-electron chi connectivity index (χ2n) is 5.46. The maximum Gasteiger partial charge on any atom is 0.416 e. The summed E-state index contributed by atoms with van der Waals surface area (Å²) < 4.78 is 38.8. The zero-order valence-corrected chi connectivity index (χ0v) is 12.9. The van der Waals surface area contributed by atoms with E-state index in [1.165, 1.54) is 17.4 Å². The Hall–Kier alpha value is -1.69. The number of aromatic hydroxyl groups is 1. The number of alkyl halides is 3. The molecule has 118 valence electrons. The van der Waals surface area contributed by atoms with Gasteiger partial charge in [-0.3, -0.25) is 0 Å². The number of halogens is 3. The van der Waals surface area contributed by atoms with Crippen LogP contribution in [0.1, 0.15) is 23.3 Å². The highest BCUT2D eigenvalue weighted by Crippen LogP contribution is 2.48. The van der Waals surface area contributed by atoms with Crippen LogP contribution in [-0.4, -0.2) is 18.2 Å². The van der Waals surface area contributed by atoms with Gasteiger partial charge < -0.3 is 10.0 Å². The van der Waals surface area contributed by atoms with Gasteiger partial charge in [0, 0.05) is 18.0 Å². The molecule has 1 aliphatic rings. The van der Waals surface area contributed by atoms with Gasteiger partial charge in [-0.25, -0.2) is 0 Å². The van der Waals surface area contributed by atoms with E-state index < -0.39 is 11.7 Å². The number of rotatable bonds is 2. The Bertz CT molecular complexity index is 687. The van der Waals surface area contributed by atoms with Crippen molar-refractivity contribution in [2.24, 2.45) is 0 Å². The van der Waals surface area contributed by atoms with Crippen molar-refractivity contribution in [3.8, 4) is 16.9 Å². The maximum absolute atomic E-state index is 12.9. The van der Waals surface area contributed by atoms with E-state index in [2.05, 4.69) is 4.90 Å². The number of thiophene rings is 1. The summed E-state index contributed by atoms with van der Waals surface area (Å²) in [6.45, 7) is 3.55. The lowest BCUT2D eigenvalue weighted by Crippen LogP contribution is -2.16. The average molecular weight is 327 g/mol. The van der Waals surface area contributed by atoms with Crippen LogP contribution in [0, 0.1) is 6.92 Å². The minimum atomic E-state index is -4.38. The van der Waals surface area contributed by atoms with Crippen LogP contribution in [0.15, 0.2) is 24.3 Å². The lowest BCUT2D eigenvalue weighted by atomic mass is 10.0. The van der Waals surface area contributed by atoms with Gasteiger partial charge in [-0.2, -0.15) is 13.2 Å². The molecule has 0 radical (unpaired) electrons. The van der Waals surface area contributed by atoms with Gasteiger partial charge in [-0.1, -0.05) is 12.1 Å². The molecule has 1 aromatic heterocycles. The topological polar surface area (TPSA) is 23.5 Å². The summed E-state index contributed by atoms with van der Waals surface area (Å²) in [4.78, 5) is 2.88. The summed E-state index contributed by atoms with van der Waals surface area (Å²) in [5.74, 6) is 0.0891. The first-order valence-corrected chi connectivity index (χ1v) is 7.94. The van der Waals surface area contributed by atoms with Gasteiger partial charge >= 0.3 is 6.18 Å². The van der Waals surface area contributed by atoms with Gasteiger partial charge in [0.25, 0.3) is 0 Å². The third kappa shape index (κ3) is 2.67. The van der Waals surface area contributed by atoms with Crippen molar-refractivity contribution in [2.75, 3.05) is 18.0 Å². The Morgan fingerprint density at radius 1 is 1.18 bits per heavy atom. The molecule has 1 N–H and O–H groups in total. The van der Waals surface area contributed by atoms with Crippen molar-refractivity contribution in [3.05, 3.63) is 34.7 Å². The van der Waals surface area contributed by atoms with Gasteiger partial charge in [0.05, 0.1) is 11.1 Å². The fraction of sp³-hybridized carbons (Fsp3) is 0.375. The zero-order chi connectivity index (χ0) is 15.9. The van der Waals surface area contributed by atoms with Crippen LogP contribution in [0.3, 0.4) is 0 Å². The van der Waals surface area contributed by atoms with E-state index in [1.54, 1.807) is 13.0 Å². The third-order valence-electron chi connectivity index (χ3n) is 3.91. The second kappa shape index (κ2) is 5.50. The molecule has 1 aliphatic heterocycles. The van der Waals surface area contributed by atoms with Crippen LogP contribution >= 0.6 is 11.3 Å². The van der Waals surface area contributed by atoms with Crippen LogP contribution in [0.25, 0.3) is 11.1 Å². The molecule has 3 rings (SSSR count). The molecule has 0 aliphatic carbocycles. The van der Waals surface area contributed by atoms with Crippen molar-refractivity contribution < 1.29 is 18.3 Å². The highest BCUT2D eigenvalue weighted by atomic mass is 32.1. The maximum atomic E-state index is 12.9. The molecule has 0 unspecified atom stereocenters. The number of benzene rings is 1. The van der Waals surface area contributed by atoms with Gasteiger partial charge in [-0.15, -0.1) is 11.3 Å². The monoisotopic (exact) mass is 327 g/mol. The van der Waals surface area contributed by atoms with Crippen LogP contribution in [0.2, 0.25) is 0 Å². The highest BCUT2D eigenvalue weighted by molar-refractivity contribution is 7.17. The molecule has 6 heteroatoms. The molecule has 0 saturated carbocycles. The molecular weight excluding hydrogens is 311 g/mol. The normalized spacial score (nSPS) is 15.5. The summed E-state index contributed by atoms with van der Waals surface area (Å²) in [6.07, 6.45) is -2.25. The summed E-state index contributed by atoms with van der Waals surface area (Å²) in [7, 11) is 0. The Morgan fingerprint density at radius 3 is 2.50 bits per heavy atom. The van der Waals surface area contributed by atoms with E-state index >= 15 is 0 Å². The lowest BCUT2D eigenvalue weighted by Gasteiger charge is -2.18. The molecule has 0 spiro atoms. The molecule has 2 nitrogen and oxygen atoms in total. The number of anilines is 1. The number of aryl methyl sites for hydroxylation is 1. The molecule has 1 fully saturated rings. The summed E-state index contributed by atoms with van der Waals surface area (Å²) in [6, 6.07) is 5.17. The molecule has 1 saturated heterocycles. The molecule has 0 amide bonds. The number of nitrogens with zero attached hydrogens (tertiary/aromatic N) is 1. The molecule has 22 heavy (non-hydrogen) atoms. The summed E-state index contributed by atoms with van der Waals surface area (Å²) >= 11 is 1.44. The largest absolute Gasteiger partial charge is 0.506 e. The van der Waals surface area contributed by atoms with Gasteiger partial charge in [0.1, 0.15) is 10.8 Å². The van der Waals surface area contributed by atoms with E-state index in [9.17, 15) is 18.3 Å². The summed E-state index contributed by atoms with van der Waals surface area (Å²) in [5.41, 5.74) is 0.245. The van der Waals surface area contributed by atoms with Crippen LogP contribution < -0.4 is 4.90 Å².